The maximum atomic E-state index is 12.8. The first-order valence-electron chi connectivity index (χ1n) is 7.55. The standard InChI is InChI=1S/C17H19N3O3/c1-11-18-14-8-9-20(10-13(14)16(21)19-11)17(22)15(23-2)12-6-4-3-5-7-12/h3-7,15H,8-10H2,1-2H3,(H,18,19,21)/t15-/m1/s1. The molecule has 0 saturated carbocycles. The van der Waals surface area contributed by atoms with Crippen molar-refractivity contribution in [3.8, 4) is 0 Å². The number of carbonyl (C=O) groups excluding carboxylic acids is 1. The molecular formula is C17H19N3O3. The summed E-state index contributed by atoms with van der Waals surface area (Å²) in [7, 11) is 1.52. The molecule has 0 unspecified atom stereocenters. The van der Waals surface area contributed by atoms with Crippen molar-refractivity contribution >= 4 is 5.91 Å². The van der Waals surface area contributed by atoms with E-state index in [1.807, 2.05) is 30.3 Å². The molecule has 2 aromatic rings. The number of nitrogens with one attached hydrogen (secondary N) is 1. The lowest BCUT2D eigenvalue weighted by atomic mass is 10.0. The third-order valence-electron chi connectivity index (χ3n) is 4.06. The van der Waals surface area contributed by atoms with Crippen molar-refractivity contribution in [1.82, 2.24) is 14.9 Å². The number of aryl methyl sites for hydroxylation is 1. The van der Waals surface area contributed by atoms with E-state index >= 15 is 0 Å². The molecule has 0 aliphatic carbocycles. The molecule has 1 N–H and O–H groups in total. The van der Waals surface area contributed by atoms with Crippen molar-refractivity contribution < 1.29 is 9.53 Å². The van der Waals surface area contributed by atoms with Crippen molar-refractivity contribution in [3.63, 3.8) is 0 Å². The number of rotatable bonds is 3. The van der Waals surface area contributed by atoms with Gasteiger partial charge in [-0.15, -0.1) is 0 Å². The van der Waals surface area contributed by atoms with Gasteiger partial charge in [0.05, 0.1) is 17.8 Å². The molecule has 1 aromatic carbocycles. The molecular weight excluding hydrogens is 294 g/mol. The SMILES string of the molecule is CO[C@@H](C(=O)N1CCc2nc(C)[nH]c(=O)c2C1)c1ccccc1. The van der Waals surface area contributed by atoms with Crippen LogP contribution in [-0.2, 0) is 22.5 Å². The number of fused-ring (bicyclic) bond motifs is 1. The van der Waals surface area contributed by atoms with E-state index in [1.165, 1.54) is 7.11 Å². The van der Waals surface area contributed by atoms with Crippen LogP contribution >= 0.6 is 0 Å². The second-order valence-corrected chi connectivity index (χ2v) is 5.61. The van der Waals surface area contributed by atoms with Gasteiger partial charge in [-0.2, -0.15) is 0 Å². The topological polar surface area (TPSA) is 75.3 Å². The van der Waals surface area contributed by atoms with E-state index in [0.717, 1.165) is 11.3 Å². The summed E-state index contributed by atoms with van der Waals surface area (Å²) in [6.45, 7) is 2.56. The van der Waals surface area contributed by atoms with Crippen molar-refractivity contribution in [2.45, 2.75) is 26.0 Å². The average Bonchev–Trinajstić information content (AvgIpc) is 2.56. The summed E-state index contributed by atoms with van der Waals surface area (Å²) in [6.07, 6.45) is -0.0768. The second kappa shape index (κ2) is 6.34. The van der Waals surface area contributed by atoms with Crippen molar-refractivity contribution in [2.75, 3.05) is 13.7 Å². The van der Waals surface area contributed by atoms with Crippen molar-refractivity contribution in [2.24, 2.45) is 0 Å². The van der Waals surface area contributed by atoms with E-state index in [0.29, 0.717) is 24.4 Å². The highest BCUT2D eigenvalue weighted by Gasteiger charge is 2.30. The Morgan fingerprint density at radius 1 is 1.35 bits per heavy atom. The van der Waals surface area contributed by atoms with Crippen molar-refractivity contribution in [3.05, 3.63) is 63.3 Å². The van der Waals surface area contributed by atoms with Crippen LogP contribution in [0.15, 0.2) is 35.1 Å². The number of aromatic nitrogens is 2. The summed E-state index contributed by atoms with van der Waals surface area (Å²) >= 11 is 0. The first-order chi connectivity index (χ1) is 11.1. The van der Waals surface area contributed by atoms with Crippen LogP contribution in [0.5, 0.6) is 0 Å². The van der Waals surface area contributed by atoms with Crippen LogP contribution in [0.2, 0.25) is 0 Å². The number of amides is 1. The predicted octanol–water partition coefficient (Wildman–Crippen LogP) is 1.35. The van der Waals surface area contributed by atoms with Gasteiger partial charge in [0, 0.05) is 20.1 Å². The molecule has 6 nitrogen and oxygen atoms in total. The molecule has 1 aliphatic heterocycles. The Morgan fingerprint density at radius 2 is 2.09 bits per heavy atom. The van der Waals surface area contributed by atoms with E-state index in [4.69, 9.17) is 4.74 Å². The number of benzene rings is 1. The van der Waals surface area contributed by atoms with E-state index in [-0.39, 0.29) is 18.0 Å². The van der Waals surface area contributed by atoms with E-state index in [1.54, 1.807) is 11.8 Å². The number of carbonyl (C=O) groups is 1. The predicted molar refractivity (Wildman–Crippen MR) is 84.9 cm³/mol. The number of hydrogen-bond donors (Lipinski definition) is 1. The van der Waals surface area contributed by atoms with Gasteiger partial charge in [-0.25, -0.2) is 4.98 Å². The van der Waals surface area contributed by atoms with Crippen LogP contribution in [-0.4, -0.2) is 34.4 Å². The Hall–Kier alpha value is -2.47. The first-order valence-corrected chi connectivity index (χ1v) is 7.55. The lowest BCUT2D eigenvalue weighted by Crippen LogP contribution is -2.42. The minimum atomic E-state index is -0.657. The maximum Gasteiger partial charge on any atom is 0.256 e. The zero-order valence-electron chi connectivity index (χ0n) is 13.2. The summed E-state index contributed by atoms with van der Waals surface area (Å²) in [5, 5.41) is 0. The third-order valence-corrected chi connectivity index (χ3v) is 4.06. The Balaban J connectivity index is 1.85. The zero-order chi connectivity index (χ0) is 16.4. The molecule has 6 heteroatoms. The van der Waals surface area contributed by atoms with Gasteiger partial charge in [0.15, 0.2) is 6.10 Å². The molecule has 0 bridgehead atoms. The largest absolute Gasteiger partial charge is 0.367 e. The molecule has 0 fully saturated rings. The summed E-state index contributed by atoms with van der Waals surface area (Å²) in [5.74, 6) is 0.469. The molecule has 2 heterocycles. The molecule has 1 aromatic heterocycles. The van der Waals surface area contributed by atoms with Crippen LogP contribution in [0.1, 0.15) is 28.7 Å². The quantitative estimate of drug-likeness (QED) is 0.928. The zero-order valence-corrected chi connectivity index (χ0v) is 13.2. The minimum absolute atomic E-state index is 0.135. The molecule has 120 valence electrons. The van der Waals surface area contributed by atoms with Crippen LogP contribution in [0.25, 0.3) is 0 Å². The molecule has 0 spiro atoms. The molecule has 23 heavy (non-hydrogen) atoms. The highest BCUT2D eigenvalue weighted by molar-refractivity contribution is 5.82. The van der Waals surface area contributed by atoms with Gasteiger partial charge in [0.1, 0.15) is 5.82 Å². The number of ether oxygens (including phenoxy) is 1. The minimum Gasteiger partial charge on any atom is -0.367 e. The fourth-order valence-electron chi connectivity index (χ4n) is 2.91. The normalized spacial score (nSPS) is 15.1. The molecule has 0 radical (unpaired) electrons. The Morgan fingerprint density at radius 3 is 2.78 bits per heavy atom. The van der Waals surface area contributed by atoms with Gasteiger partial charge < -0.3 is 14.6 Å². The number of H-pyrrole nitrogens is 1. The number of nitrogens with zero attached hydrogens (tertiary/aromatic N) is 2. The van der Waals surface area contributed by atoms with Crippen LogP contribution in [0, 0.1) is 6.92 Å². The van der Waals surface area contributed by atoms with Crippen LogP contribution in [0.4, 0.5) is 0 Å². The van der Waals surface area contributed by atoms with Gasteiger partial charge in [-0.1, -0.05) is 30.3 Å². The van der Waals surface area contributed by atoms with Gasteiger partial charge in [0.2, 0.25) is 0 Å². The maximum absolute atomic E-state index is 12.8. The Labute approximate surface area is 134 Å². The monoisotopic (exact) mass is 313 g/mol. The number of hydrogen-bond acceptors (Lipinski definition) is 4. The fourth-order valence-corrected chi connectivity index (χ4v) is 2.91. The van der Waals surface area contributed by atoms with E-state index in [2.05, 4.69) is 9.97 Å². The van der Waals surface area contributed by atoms with Gasteiger partial charge in [-0.3, -0.25) is 9.59 Å². The van der Waals surface area contributed by atoms with E-state index < -0.39 is 6.10 Å². The average molecular weight is 313 g/mol. The molecule has 1 aliphatic rings. The van der Waals surface area contributed by atoms with Gasteiger partial charge >= 0.3 is 0 Å². The van der Waals surface area contributed by atoms with Gasteiger partial charge in [-0.05, 0) is 12.5 Å². The second-order valence-electron chi connectivity index (χ2n) is 5.61. The number of methoxy groups -OCH3 is 1. The molecule has 0 saturated heterocycles. The fraction of sp³-hybridized carbons (Fsp3) is 0.353. The summed E-state index contributed by atoms with van der Waals surface area (Å²) in [4.78, 5) is 33.6. The highest BCUT2D eigenvalue weighted by atomic mass is 16.5. The van der Waals surface area contributed by atoms with Gasteiger partial charge in [0.25, 0.3) is 11.5 Å². The third kappa shape index (κ3) is 3.03. The van der Waals surface area contributed by atoms with Crippen LogP contribution in [0.3, 0.4) is 0 Å². The highest BCUT2D eigenvalue weighted by Crippen LogP contribution is 2.22. The molecule has 1 atom stereocenters. The molecule has 1 amide bonds. The van der Waals surface area contributed by atoms with E-state index in [9.17, 15) is 9.59 Å². The molecule has 3 rings (SSSR count). The Kier molecular flexibility index (Phi) is 4.25. The number of aromatic amines is 1. The summed E-state index contributed by atoms with van der Waals surface area (Å²) in [5.41, 5.74) is 1.99. The summed E-state index contributed by atoms with van der Waals surface area (Å²) < 4.78 is 5.40. The lowest BCUT2D eigenvalue weighted by Gasteiger charge is -2.30. The van der Waals surface area contributed by atoms with Crippen LogP contribution < -0.4 is 5.56 Å². The lowest BCUT2D eigenvalue weighted by molar-refractivity contribution is -0.143. The Bertz CT molecular complexity index is 770. The first kappa shape index (κ1) is 15.4. The van der Waals surface area contributed by atoms with Crippen molar-refractivity contribution in [1.29, 1.82) is 0 Å². The summed E-state index contributed by atoms with van der Waals surface area (Å²) in [6, 6.07) is 9.36. The smallest absolute Gasteiger partial charge is 0.256 e.